The number of benzene rings is 2. The Balaban J connectivity index is 1.94. The lowest BCUT2D eigenvalue weighted by molar-refractivity contribution is 0.399. The minimum Gasteiger partial charge on any atom is -0.251 e. The SMILES string of the molecule is N#CC(CCc1ccccc1F)(Cn1cncn1)c1ccc(F)cc1. The normalized spacial score (nSPS) is 13.2. The standard InChI is InChI=1S/C19H16F2N4/c20-17-7-5-16(6-8-17)19(11-22,12-25-14-23-13-24-25)10-9-15-3-1-2-4-18(15)21/h1-8,13-14H,9-10,12H2. The van der Waals surface area contributed by atoms with E-state index in [1.807, 2.05) is 0 Å². The van der Waals surface area contributed by atoms with E-state index in [-0.39, 0.29) is 18.2 Å². The Bertz CT molecular complexity index is 869. The van der Waals surface area contributed by atoms with E-state index >= 15 is 0 Å². The molecule has 25 heavy (non-hydrogen) atoms. The van der Waals surface area contributed by atoms with Crippen LogP contribution in [0, 0.1) is 23.0 Å². The number of nitrogens with zero attached hydrogens (tertiary/aromatic N) is 4. The van der Waals surface area contributed by atoms with Gasteiger partial charge in [-0.1, -0.05) is 30.3 Å². The molecule has 0 saturated heterocycles. The van der Waals surface area contributed by atoms with Crippen molar-refractivity contribution >= 4 is 0 Å². The molecule has 3 rings (SSSR count). The molecule has 1 aromatic heterocycles. The average Bonchev–Trinajstić information content (AvgIpc) is 3.13. The molecule has 2 aromatic carbocycles. The Hall–Kier alpha value is -3.07. The number of aryl methyl sites for hydroxylation is 1. The number of aromatic nitrogens is 3. The van der Waals surface area contributed by atoms with Crippen molar-refractivity contribution in [1.29, 1.82) is 5.26 Å². The van der Waals surface area contributed by atoms with Crippen molar-refractivity contribution in [2.75, 3.05) is 0 Å². The third-order valence-corrected chi connectivity index (χ3v) is 4.29. The van der Waals surface area contributed by atoms with Gasteiger partial charge in [0.1, 0.15) is 29.7 Å². The van der Waals surface area contributed by atoms with Crippen molar-refractivity contribution in [3.8, 4) is 6.07 Å². The molecule has 1 atom stereocenters. The van der Waals surface area contributed by atoms with Crippen LogP contribution < -0.4 is 0 Å². The second-order valence-electron chi connectivity index (χ2n) is 5.89. The molecular formula is C19H16F2N4. The van der Waals surface area contributed by atoms with Gasteiger partial charge in [0.25, 0.3) is 0 Å². The summed E-state index contributed by atoms with van der Waals surface area (Å²) in [6.45, 7) is 0.254. The molecule has 0 bridgehead atoms. The monoisotopic (exact) mass is 338 g/mol. The summed E-state index contributed by atoms with van der Waals surface area (Å²) < 4.78 is 28.8. The maximum atomic E-state index is 13.9. The molecular weight excluding hydrogens is 322 g/mol. The van der Waals surface area contributed by atoms with Crippen LogP contribution in [0.15, 0.2) is 61.2 Å². The molecule has 0 spiro atoms. The van der Waals surface area contributed by atoms with Gasteiger partial charge >= 0.3 is 0 Å². The lowest BCUT2D eigenvalue weighted by atomic mass is 9.77. The Morgan fingerprint density at radius 2 is 1.84 bits per heavy atom. The van der Waals surface area contributed by atoms with Crippen LogP contribution in [0.5, 0.6) is 0 Å². The van der Waals surface area contributed by atoms with Gasteiger partial charge in [-0.3, -0.25) is 4.68 Å². The number of halogens is 2. The first-order chi connectivity index (χ1) is 12.1. The number of rotatable bonds is 6. The molecule has 0 radical (unpaired) electrons. The summed E-state index contributed by atoms with van der Waals surface area (Å²) in [5, 5.41) is 14.0. The van der Waals surface area contributed by atoms with Crippen molar-refractivity contribution in [3.63, 3.8) is 0 Å². The van der Waals surface area contributed by atoms with Gasteiger partial charge in [-0.25, -0.2) is 13.8 Å². The summed E-state index contributed by atoms with van der Waals surface area (Å²) in [6, 6.07) is 14.7. The Morgan fingerprint density at radius 3 is 2.48 bits per heavy atom. The lowest BCUT2D eigenvalue weighted by Gasteiger charge is -2.27. The number of nitriles is 1. The fourth-order valence-electron chi connectivity index (χ4n) is 2.88. The van der Waals surface area contributed by atoms with Gasteiger partial charge in [0.05, 0.1) is 12.6 Å². The summed E-state index contributed by atoms with van der Waals surface area (Å²) in [6.07, 6.45) is 3.67. The van der Waals surface area contributed by atoms with Crippen molar-refractivity contribution in [2.24, 2.45) is 0 Å². The van der Waals surface area contributed by atoms with Crippen LogP contribution in [0.4, 0.5) is 8.78 Å². The van der Waals surface area contributed by atoms with Crippen LogP contribution >= 0.6 is 0 Å². The summed E-state index contributed by atoms with van der Waals surface area (Å²) in [5.74, 6) is -0.667. The summed E-state index contributed by atoms with van der Waals surface area (Å²) in [5.41, 5.74) is 0.245. The maximum Gasteiger partial charge on any atom is 0.137 e. The Labute approximate surface area is 144 Å². The molecule has 4 nitrogen and oxygen atoms in total. The lowest BCUT2D eigenvalue weighted by Crippen LogP contribution is -2.31. The van der Waals surface area contributed by atoms with Crippen LogP contribution in [0.1, 0.15) is 17.5 Å². The average molecular weight is 338 g/mol. The van der Waals surface area contributed by atoms with E-state index in [9.17, 15) is 14.0 Å². The van der Waals surface area contributed by atoms with Crippen LogP contribution in [0.3, 0.4) is 0 Å². The number of hydrogen-bond acceptors (Lipinski definition) is 3. The molecule has 0 N–H and O–H groups in total. The summed E-state index contributed by atoms with van der Waals surface area (Å²) in [4.78, 5) is 3.90. The third-order valence-electron chi connectivity index (χ3n) is 4.29. The van der Waals surface area contributed by atoms with E-state index in [2.05, 4.69) is 16.2 Å². The highest BCUT2D eigenvalue weighted by Crippen LogP contribution is 2.31. The van der Waals surface area contributed by atoms with Gasteiger partial charge in [0.2, 0.25) is 0 Å². The fourth-order valence-corrected chi connectivity index (χ4v) is 2.88. The zero-order chi connectivity index (χ0) is 17.7. The topological polar surface area (TPSA) is 54.5 Å². The number of hydrogen-bond donors (Lipinski definition) is 0. The highest BCUT2D eigenvalue weighted by molar-refractivity contribution is 5.33. The molecule has 0 saturated carbocycles. The van der Waals surface area contributed by atoms with Gasteiger partial charge in [-0.15, -0.1) is 0 Å². The molecule has 1 heterocycles. The maximum absolute atomic E-state index is 13.9. The minimum absolute atomic E-state index is 0.254. The highest BCUT2D eigenvalue weighted by Gasteiger charge is 2.33. The van der Waals surface area contributed by atoms with Crippen molar-refractivity contribution in [1.82, 2.24) is 14.8 Å². The van der Waals surface area contributed by atoms with Gasteiger partial charge in [-0.05, 0) is 42.2 Å². The molecule has 0 aliphatic rings. The van der Waals surface area contributed by atoms with E-state index in [0.29, 0.717) is 24.0 Å². The Kier molecular flexibility index (Phi) is 4.85. The third kappa shape index (κ3) is 3.72. The van der Waals surface area contributed by atoms with E-state index < -0.39 is 5.41 Å². The molecule has 6 heteroatoms. The quantitative estimate of drug-likeness (QED) is 0.689. The first-order valence-corrected chi connectivity index (χ1v) is 7.86. The molecule has 1 unspecified atom stereocenters. The van der Waals surface area contributed by atoms with Gasteiger partial charge in [0.15, 0.2) is 0 Å². The smallest absolute Gasteiger partial charge is 0.137 e. The summed E-state index contributed by atoms with van der Waals surface area (Å²) in [7, 11) is 0. The predicted molar refractivity (Wildman–Crippen MR) is 88.4 cm³/mol. The first-order valence-electron chi connectivity index (χ1n) is 7.86. The molecule has 0 aliphatic heterocycles. The fraction of sp³-hybridized carbons (Fsp3) is 0.211. The molecule has 0 aliphatic carbocycles. The van der Waals surface area contributed by atoms with E-state index in [4.69, 9.17) is 0 Å². The minimum atomic E-state index is -0.969. The van der Waals surface area contributed by atoms with E-state index in [0.717, 1.165) is 0 Å². The molecule has 0 amide bonds. The van der Waals surface area contributed by atoms with Crippen molar-refractivity contribution < 1.29 is 8.78 Å². The highest BCUT2D eigenvalue weighted by atomic mass is 19.1. The van der Waals surface area contributed by atoms with Gasteiger partial charge in [-0.2, -0.15) is 10.4 Å². The van der Waals surface area contributed by atoms with Gasteiger partial charge in [0, 0.05) is 0 Å². The van der Waals surface area contributed by atoms with Crippen molar-refractivity contribution in [2.45, 2.75) is 24.8 Å². The van der Waals surface area contributed by atoms with Crippen LogP contribution in [-0.2, 0) is 18.4 Å². The van der Waals surface area contributed by atoms with Crippen LogP contribution in [0.2, 0.25) is 0 Å². The van der Waals surface area contributed by atoms with Gasteiger partial charge < -0.3 is 0 Å². The molecule has 126 valence electrons. The van der Waals surface area contributed by atoms with E-state index in [1.54, 1.807) is 35.0 Å². The van der Waals surface area contributed by atoms with Crippen molar-refractivity contribution in [3.05, 3.63) is 83.9 Å². The zero-order valence-electron chi connectivity index (χ0n) is 13.4. The second kappa shape index (κ2) is 7.22. The second-order valence-corrected chi connectivity index (χ2v) is 5.89. The first kappa shape index (κ1) is 16.8. The predicted octanol–water partition coefficient (Wildman–Crippen LogP) is 3.65. The zero-order valence-corrected chi connectivity index (χ0v) is 13.4. The van der Waals surface area contributed by atoms with E-state index in [1.165, 1.54) is 30.9 Å². The summed E-state index contributed by atoms with van der Waals surface area (Å²) >= 11 is 0. The van der Waals surface area contributed by atoms with Crippen LogP contribution in [0.25, 0.3) is 0 Å². The molecule has 3 aromatic rings. The largest absolute Gasteiger partial charge is 0.251 e. The Morgan fingerprint density at radius 1 is 1.08 bits per heavy atom. The molecule has 0 fully saturated rings. The van der Waals surface area contributed by atoms with Crippen LogP contribution in [-0.4, -0.2) is 14.8 Å².